The quantitative estimate of drug-likeness (QED) is 0.848. The largest absolute Gasteiger partial charge is 0.348 e. The molecule has 2 N–H and O–H groups in total. The van der Waals surface area contributed by atoms with Crippen molar-refractivity contribution in [2.75, 3.05) is 5.32 Å². The number of benzene rings is 1. The molecule has 18 heavy (non-hydrogen) atoms. The van der Waals surface area contributed by atoms with E-state index < -0.39 is 0 Å². The number of aldehydes is 1. The van der Waals surface area contributed by atoms with Crippen molar-refractivity contribution in [1.82, 2.24) is 4.98 Å². The van der Waals surface area contributed by atoms with Gasteiger partial charge in [0.1, 0.15) is 5.69 Å². The zero-order chi connectivity index (χ0) is 13.1. The zero-order valence-corrected chi connectivity index (χ0v) is 10.5. The van der Waals surface area contributed by atoms with Gasteiger partial charge in [-0.1, -0.05) is 23.2 Å². The van der Waals surface area contributed by atoms with Crippen LogP contribution in [-0.2, 0) is 0 Å². The summed E-state index contributed by atoms with van der Waals surface area (Å²) >= 11 is 11.6. The van der Waals surface area contributed by atoms with Crippen LogP contribution in [0.5, 0.6) is 0 Å². The number of nitrogens with one attached hydrogen (secondary N) is 2. The monoisotopic (exact) mass is 282 g/mol. The summed E-state index contributed by atoms with van der Waals surface area (Å²) in [5.41, 5.74) is 1.16. The second-order valence-electron chi connectivity index (χ2n) is 3.53. The topological polar surface area (TPSA) is 62.0 Å². The van der Waals surface area contributed by atoms with Gasteiger partial charge >= 0.3 is 0 Å². The van der Waals surface area contributed by atoms with E-state index in [1.165, 1.54) is 12.1 Å². The van der Waals surface area contributed by atoms with Crippen LogP contribution in [0, 0.1) is 0 Å². The third kappa shape index (κ3) is 2.72. The van der Waals surface area contributed by atoms with Gasteiger partial charge in [0, 0.05) is 5.69 Å². The fourth-order valence-corrected chi connectivity index (χ4v) is 1.68. The van der Waals surface area contributed by atoms with Crippen molar-refractivity contribution < 1.29 is 9.59 Å². The molecule has 0 atom stereocenters. The minimum atomic E-state index is -0.360. The van der Waals surface area contributed by atoms with E-state index >= 15 is 0 Å². The zero-order valence-electron chi connectivity index (χ0n) is 9.04. The van der Waals surface area contributed by atoms with Crippen LogP contribution in [0.2, 0.25) is 10.0 Å². The predicted octanol–water partition coefficient (Wildman–Crippen LogP) is 3.39. The van der Waals surface area contributed by atoms with Gasteiger partial charge < -0.3 is 10.3 Å². The Morgan fingerprint density at radius 3 is 2.56 bits per heavy atom. The van der Waals surface area contributed by atoms with Gasteiger partial charge in [-0.3, -0.25) is 9.59 Å². The molecule has 1 aromatic heterocycles. The normalized spacial score (nSPS) is 10.1. The summed E-state index contributed by atoms with van der Waals surface area (Å²) in [5.74, 6) is -0.360. The number of aromatic nitrogens is 1. The molecule has 0 bridgehead atoms. The van der Waals surface area contributed by atoms with Gasteiger partial charge in [0.15, 0.2) is 6.29 Å². The first-order chi connectivity index (χ1) is 8.60. The van der Waals surface area contributed by atoms with Gasteiger partial charge in [-0.05, 0) is 30.3 Å². The number of amides is 1. The summed E-state index contributed by atoms with van der Waals surface area (Å²) in [6.07, 6.45) is 0.635. The van der Waals surface area contributed by atoms with Gasteiger partial charge in [0.2, 0.25) is 0 Å². The molecule has 2 aromatic rings. The number of H-pyrrole nitrogens is 1. The lowest BCUT2D eigenvalue weighted by atomic mass is 10.3. The average molecular weight is 283 g/mol. The summed E-state index contributed by atoms with van der Waals surface area (Å²) in [5, 5.41) is 3.41. The van der Waals surface area contributed by atoms with E-state index in [0.717, 1.165) is 0 Å². The molecule has 0 aliphatic rings. The number of aromatic amines is 1. The van der Waals surface area contributed by atoms with Crippen molar-refractivity contribution in [3.63, 3.8) is 0 Å². The van der Waals surface area contributed by atoms with Gasteiger partial charge in [0.05, 0.1) is 15.7 Å². The minimum absolute atomic E-state index is 0.295. The van der Waals surface area contributed by atoms with E-state index in [2.05, 4.69) is 10.3 Å². The molecule has 0 saturated heterocycles. The second kappa shape index (κ2) is 5.25. The highest BCUT2D eigenvalue weighted by Gasteiger charge is 2.09. The maximum absolute atomic E-state index is 11.8. The molecule has 6 heteroatoms. The lowest BCUT2D eigenvalue weighted by molar-refractivity contribution is 0.102. The first-order valence-corrected chi connectivity index (χ1v) is 5.76. The Morgan fingerprint density at radius 2 is 1.94 bits per heavy atom. The molecule has 0 aliphatic carbocycles. The Morgan fingerprint density at radius 1 is 1.17 bits per heavy atom. The Kier molecular flexibility index (Phi) is 3.69. The lowest BCUT2D eigenvalue weighted by Crippen LogP contribution is -2.12. The standard InChI is InChI=1S/C12H8Cl2N2O2/c13-9-3-1-7(5-10(9)14)16-12(18)11-4-2-8(6-17)15-11/h1-6,15H,(H,16,18). The Hall–Kier alpha value is -1.78. The van der Waals surface area contributed by atoms with Gasteiger partial charge in [-0.25, -0.2) is 0 Å². The molecule has 0 fully saturated rings. The molecule has 4 nitrogen and oxygen atoms in total. The van der Waals surface area contributed by atoms with Crippen LogP contribution in [0.3, 0.4) is 0 Å². The number of hydrogen-bond acceptors (Lipinski definition) is 2. The molecule has 2 rings (SSSR count). The number of carbonyl (C=O) groups excluding carboxylic acids is 2. The van der Waals surface area contributed by atoms with Crippen LogP contribution >= 0.6 is 23.2 Å². The summed E-state index contributed by atoms with van der Waals surface area (Å²) < 4.78 is 0. The first kappa shape index (κ1) is 12.7. The van der Waals surface area contributed by atoms with Crippen molar-refractivity contribution >= 4 is 41.1 Å². The fraction of sp³-hybridized carbons (Fsp3) is 0. The third-order valence-electron chi connectivity index (χ3n) is 2.26. The summed E-state index contributed by atoms with van der Waals surface area (Å²) in [6, 6.07) is 7.82. The molecule has 92 valence electrons. The first-order valence-electron chi connectivity index (χ1n) is 5.01. The summed E-state index contributed by atoms with van der Waals surface area (Å²) in [6.45, 7) is 0. The summed E-state index contributed by atoms with van der Waals surface area (Å²) in [7, 11) is 0. The molecule has 0 saturated carbocycles. The second-order valence-corrected chi connectivity index (χ2v) is 4.34. The average Bonchev–Trinajstić information content (AvgIpc) is 2.82. The fourth-order valence-electron chi connectivity index (χ4n) is 1.39. The summed E-state index contributed by atoms with van der Waals surface area (Å²) in [4.78, 5) is 25.0. The van der Waals surface area contributed by atoms with Crippen LogP contribution < -0.4 is 5.32 Å². The molecular weight excluding hydrogens is 275 g/mol. The van der Waals surface area contributed by atoms with Crippen LogP contribution in [0.4, 0.5) is 5.69 Å². The minimum Gasteiger partial charge on any atom is -0.348 e. The van der Waals surface area contributed by atoms with Crippen LogP contribution in [0.15, 0.2) is 30.3 Å². The van der Waals surface area contributed by atoms with E-state index in [9.17, 15) is 9.59 Å². The Bertz CT molecular complexity index is 608. The maximum atomic E-state index is 11.8. The molecule has 1 aromatic carbocycles. The molecule has 1 amide bonds. The van der Waals surface area contributed by atoms with E-state index in [1.54, 1.807) is 18.2 Å². The van der Waals surface area contributed by atoms with Gasteiger partial charge in [-0.2, -0.15) is 0 Å². The maximum Gasteiger partial charge on any atom is 0.272 e. The highest BCUT2D eigenvalue weighted by Crippen LogP contribution is 2.25. The number of halogens is 2. The number of hydrogen-bond donors (Lipinski definition) is 2. The van der Waals surface area contributed by atoms with E-state index in [0.29, 0.717) is 33.4 Å². The predicted molar refractivity (Wildman–Crippen MR) is 70.6 cm³/mol. The Balaban J connectivity index is 2.15. The SMILES string of the molecule is O=Cc1ccc(C(=O)Nc2ccc(Cl)c(Cl)c2)[nH]1. The number of anilines is 1. The van der Waals surface area contributed by atoms with Crippen molar-refractivity contribution in [3.05, 3.63) is 51.8 Å². The van der Waals surface area contributed by atoms with Crippen molar-refractivity contribution in [2.45, 2.75) is 0 Å². The molecule has 0 aliphatic heterocycles. The smallest absolute Gasteiger partial charge is 0.272 e. The van der Waals surface area contributed by atoms with Crippen LogP contribution in [-0.4, -0.2) is 17.2 Å². The van der Waals surface area contributed by atoms with Crippen LogP contribution in [0.25, 0.3) is 0 Å². The Labute approximate surface area is 113 Å². The van der Waals surface area contributed by atoms with E-state index in [1.807, 2.05) is 0 Å². The van der Waals surface area contributed by atoms with Crippen molar-refractivity contribution in [1.29, 1.82) is 0 Å². The number of carbonyl (C=O) groups is 2. The molecule has 0 spiro atoms. The van der Waals surface area contributed by atoms with E-state index in [-0.39, 0.29) is 5.91 Å². The lowest BCUT2D eigenvalue weighted by Gasteiger charge is -2.04. The molecule has 1 heterocycles. The van der Waals surface area contributed by atoms with Gasteiger partial charge in [-0.15, -0.1) is 0 Å². The molecule has 0 unspecified atom stereocenters. The molecular formula is C12H8Cl2N2O2. The van der Waals surface area contributed by atoms with Crippen molar-refractivity contribution in [3.8, 4) is 0 Å². The van der Waals surface area contributed by atoms with Gasteiger partial charge in [0.25, 0.3) is 5.91 Å². The van der Waals surface area contributed by atoms with Crippen molar-refractivity contribution in [2.24, 2.45) is 0 Å². The number of rotatable bonds is 3. The highest BCUT2D eigenvalue weighted by molar-refractivity contribution is 6.42. The third-order valence-corrected chi connectivity index (χ3v) is 3.00. The highest BCUT2D eigenvalue weighted by atomic mass is 35.5. The van der Waals surface area contributed by atoms with E-state index in [4.69, 9.17) is 23.2 Å². The molecule has 0 radical (unpaired) electrons. The van der Waals surface area contributed by atoms with Crippen LogP contribution in [0.1, 0.15) is 21.0 Å².